The minimum Gasteiger partial charge on any atom is -0.530 e. The smallest absolute Gasteiger partial charge is 0.249 e. The molecule has 1 fully saturated rings. The first-order chi connectivity index (χ1) is 10.5. The molecule has 8 heteroatoms. The van der Waals surface area contributed by atoms with Gasteiger partial charge in [0.05, 0.1) is 14.2 Å². The van der Waals surface area contributed by atoms with Crippen LogP contribution in [0.3, 0.4) is 0 Å². The largest absolute Gasteiger partial charge is 0.530 e. The Labute approximate surface area is 126 Å². The van der Waals surface area contributed by atoms with Crippen molar-refractivity contribution >= 4 is 18.3 Å². The number of aldehydes is 1. The second kappa shape index (κ2) is 5.92. The van der Waals surface area contributed by atoms with Crippen LogP contribution in [0, 0.1) is 0 Å². The average Bonchev–Trinajstić information content (AvgIpc) is 2.51. The summed E-state index contributed by atoms with van der Waals surface area (Å²) in [6.45, 7) is 0. The van der Waals surface area contributed by atoms with Gasteiger partial charge < -0.3 is 34.8 Å². The van der Waals surface area contributed by atoms with Crippen LogP contribution in [-0.4, -0.2) is 44.1 Å². The molecule has 0 aliphatic carbocycles. The van der Waals surface area contributed by atoms with Gasteiger partial charge in [-0.05, 0) is 11.6 Å². The third kappa shape index (κ3) is 2.54. The van der Waals surface area contributed by atoms with Crippen LogP contribution in [0.1, 0.15) is 5.56 Å². The number of rotatable bonds is 6. The molecule has 1 aromatic rings. The number of carboxylic acid groups (broad SMARTS) is 1. The zero-order chi connectivity index (χ0) is 16.3. The van der Waals surface area contributed by atoms with Gasteiger partial charge >= 0.3 is 0 Å². The highest BCUT2D eigenvalue weighted by Crippen LogP contribution is 2.31. The summed E-state index contributed by atoms with van der Waals surface area (Å²) < 4.78 is 10.3. The molecule has 8 nitrogen and oxygen atoms in total. The Morgan fingerprint density at radius 3 is 2.68 bits per heavy atom. The van der Waals surface area contributed by atoms with Crippen molar-refractivity contribution in [1.82, 2.24) is 10.6 Å². The number of hydrogen-bond donors (Lipinski definition) is 2. The van der Waals surface area contributed by atoms with E-state index >= 15 is 0 Å². The second-order valence-corrected chi connectivity index (χ2v) is 4.83. The van der Waals surface area contributed by atoms with Crippen molar-refractivity contribution in [2.75, 3.05) is 14.2 Å². The highest BCUT2D eigenvalue weighted by molar-refractivity contribution is 6.02. The Balaban J connectivity index is 2.38. The van der Waals surface area contributed by atoms with Gasteiger partial charge in [-0.1, -0.05) is 6.07 Å². The molecule has 0 radical (unpaired) electrons. The van der Waals surface area contributed by atoms with Crippen molar-refractivity contribution < 1.29 is 29.0 Å². The van der Waals surface area contributed by atoms with Crippen LogP contribution in [-0.2, 0) is 16.0 Å². The molecule has 0 spiro atoms. The molecule has 1 saturated heterocycles. The molecule has 2 amide bonds. The molecular formula is C14H15N2O6-. The molecular weight excluding hydrogens is 292 g/mol. The zero-order valence-electron chi connectivity index (χ0n) is 12.0. The van der Waals surface area contributed by atoms with Crippen molar-refractivity contribution in [3.05, 3.63) is 23.8 Å². The van der Waals surface area contributed by atoms with Crippen LogP contribution in [0.5, 0.6) is 11.5 Å². The first-order valence-electron chi connectivity index (χ1n) is 6.43. The Bertz CT molecular complexity index is 617. The van der Waals surface area contributed by atoms with Gasteiger partial charge in [0.15, 0.2) is 0 Å². The summed E-state index contributed by atoms with van der Waals surface area (Å²) in [5.41, 5.74) is -1.04. The molecule has 2 N–H and O–H groups in total. The topological polar surface area (TPSA) is 117 Å². The van der Waals surface area contributed by atoms with Gasteiger partial charge in [-0.3, -0.25) is 4.79 Å². The quantitative estimate of drug-likeness (QED) is 0.494. The van der Waals surface area contributed by atoms with Gasteiger partial charge in [0.2, 0.25) is 5.91 Å². The molecule has 0 saturated carbocycles. The molecule has 2 atom stereocenters. The normalized spacial score (nSPS) is 23.0. The maximum Gasteiger partial charge on any atom is 0.249 e. The lowest BCUT2D eigenvalue weighted by Crippen LogP contribution is -2.81. The van der Waals surface area contributed by atoms with Gasteiger partial charge in [0.1, 0.15) is 35.5 Å². The molecule has 1 heterocycles. The maximum atomic E-state index is 11.9. The van der Waals surface area contributed by atoms with E-state index in [4.69, 9.17) is 9.47 Å². The molecule has 2 rings (SSSR count). The lowest BCUT2D eigenvalue weighted by atomic mass is 9.76. The van der Waals surface area contributed by atoms with Crippen LogP contribution >= 0.6 is 0 Å². The fourth-order valence-electron chi connectivity index (χ4n) is 2.46. The summed E-state index contributed by atoms with van der Waals surface area (Å²) >= 11 is 0. The minimum absolute atomic E-state index is 0.0522. The highest BCUT2D eigenvalue weighted by atomic mass is 16.5. The molecule has 1 aliphatic rings. The Morgan fingerprint density at radius 1 is 1.45 bits per heavy atom. The Kier molecular flexibility index (Phi) is 4.20. The van der Waals surface area contributed by atoms with Crippen molar-refractivity contribution in [3.63, 3.8) is 0 Å². The van der Waals surface area contributed by atoms with Crippen LogP contribution in [0.2, 0.25) is 0 Å². The van der Waals surface area contributed by atoms with E-state index in [0.717, 1.165) is 0 Å². The zero-order valence-corrected chi connectivity index (χ0v) is 12.0. The number of benzene rings is 1. The molecule has 2 unspecified atom stereocenters. The minimum atomic E-state index is -1.63. The second-order valence-electron chi connectivity index (χ2n) is 4.83. The van der Waals surface area contributed by atoms with Crippen molar-refractivity contribution in [1.29, 1.82) is 0 Å². The fraction of sp³-hybridized carbons (Fsp3) is 0.357. The number of β-lactam (4-membered cyclic amide) rings is 1. The Morgan fingerprint density at radius 2 is 2.18 bits per heavy atom. The fourth-order valence-corrected chi connectivity index (χ4v) is 2.46. The van der Waals surface area contributed by atoms with Crippen LogP contribution in [0.25, 0.3) is 0 Å². The number of amides is 2. The predicted molar refractivity (Wildman–Crippen MR) is 72.5 cm³/mol. The van der Waals surface area contributed by atoms with Gasteiger partial charge in [0, 0.05) is 12.5 Å². The van der Waals surface area contributed by atoms with E-state index in [2.05, 4.69) is 5.32 Å². The van der Waals surface area contributed by atoms with Gasteiger partial charge in [-0.25, -0.2) is 0 Å². The maximum absolute atomic E-state index is 11.9. The van der Waals surface area contributed by atoms with E-state index < -0.39 is 23.6 Å². The molecule has 22 heavy (non-hydrogen) atoms. The molecule has 1 aliphatic heterocycles. The summed E-state index contributed by atoms with van der Waals surface area (Å²) in [4.78, 5) is 33.8. The first-order valence-corrected chi connectivity index (χ1v) is 6.43. The number of carbonyl (C=O) groups is 3. The summed E-state index contributed by atoms with van der Waals surface area (Å²) in [5.74, 6) is 0.377. The Hall–Kier alpha value is -2.77. The van der Waals surface area contributed by atoms with Crippen LogP contribution in [0.4, 0.5) is 4.79 Å². The standard InChI is InChI=1S/C14H16N2O6/c1-21-9-4-3-8(10(5-9)22-2)6-14(16-13(19)20)11(7-17)15-12(14)18/h3-5,7,11,16H,6H2,1-2H3,(H,15,18)(H,19,20)/p-1. The lowest BCUT2D eigenvalue weighted by Gasteiger charge is -2.47. The van der Waals surface area contributed by atoms with E-state index in [9.17, 15) is 19.5 Å². The van der Waals surface area contributed by atoms with E-state index in [0.29, 0.717) is 23.3 Å². The number of ether oxygens (including phenoxy) is 2. The predicted octanol–water partition coefficient (Wildman–Crippen LogP) is -1.38. The third-order valence-corrected chi connectivity index (χ3v) is 3.65. The van der Waals surface area contributed by atoms with Crippen molar-refractivity contribution in [2.45, 2.75) is 18.0 Å². The third-order valence-electron chi connectivity index (χ3n) is 3.65. The van der Waals surface area contributed by atoms with E-state index in [1.54, 1.807) is 18.2 Å². The number of methoxy groups -OCH3 is 2. The molecule has 0 aromatic heterocycles. The van der Waals surface area contributed by atoms with Gasteiger partial charge in [-0.2, -0.15) is 0 Å². The molecule has 0 bridgehead atoms. The average molecular weight is 307 g/mol. The van der Waals surface area contributed by atoms with Crippen LogP contribution in [0.15, 0.2) is 18.2 Å². The summed E-state index contributed by atoms with van der Waals surface area (Å²) in [5, 5.41) is 15.3. The lowest BCUT2D eigenvalue weighted by molar-refractivity contribution is -0.254. The monoisotopic (exact) mass is 307 g/mol. The number of hydrogen-bond acceptors (Lipinski definition) is 6. The van der Waals surface area contributed by atoms with Crippen LogP contribution < -0.4 is 25.2 Å². The SMILES string of the molecule is COc1ccc(CC2(NC(=O)[O-])C(=O)NC2C=O)c(OC)c1. The summed E-state index contributed by atoms with van der Waals surface area (Å²) in [6, 6.07) is 3.93. The van der Waals surface area contributed by atoms with Crippen molar-refractivity contribution in [3.8, 4) is 11.5 Å². The van der Waals surface area contributed by atoms with E-state index in [1.807, 2.05) is 5.32 Å². The summed E-state index contributed by atoms with van der Waals surface area (Å²) in [6.07, 6.45) is -1.20. The van der Waals surface area contributed by atoms with Crippen molar-refractivity contribution in [2.24, 2.45) is 0 Å². The molecule has 118 valence electrons. The van der Waals surface area contributed by atoms with Gasteiger partial charge in [0.25, 0.3) is 0 Å². The highest BCUT2D eigenvalue weighted by Gasteiger charge is 2.55. The van der Waals surface area contributed by atoms with Gasteiger partial charge in [-0.15, -0.1) is 0 Å². The van der Waals surface area contributed by atoms with E-state index in [-0.39, 0.29) is 6.42 Å². The summed E-state index contributed by atoms with van der Waals surface area (Å²) in [7, 11) is 2.94. The van der Waals surface area contributed by atoms with E-state index in [1.165, 1.54) is 14.2 Å². The molecule has 1 aromatic carbocycles. The number of carbonyl (C=O) groups excluding carboxylic acids is 3. The first kappa shape index (κ1) is 15.6. The number of nitrogens with one attached hydrogen (secondary N) is 2.